The molecule has 3 N–H and O–H groups in total. The molecule has 3 aromatic rings. The number of methoxy groups -OCH3 is 1. The van der Waals surface area contributed by atoms with E-state index in [-0.39, 0.29) is 6.10 Å². The van der Waals surface area contributed by atoms with Crippen LogP contribution in [0.3, 0.4) is 0 Å². The lowest BCUT2D eigenvalue weighted by molar-refractivity contribution is -0.138. The summed E-state index contributed by atoms with van der Waals surface area (Å²) >= 11 is 0. The molecule has 9 heteroatoms. The van der Waals surface area contributed by atoms with Crippen molar-refractivity contribution in [3.63, 3.8) is 0 Å². The van der Waals surface area contributed by atoms with Gasteiger partial charge in [0.1, 0.15) is 11.9 Å². The van der Waals surface area contributed by atoms with Gasteiger partial charge >= 0.3 is 5.97 Å². The predicted octanol–water partition coefficient (Wildman–Crippen LogP) is 3.94. The van der Waals surface area contributed by atoms with Crippen LogP contribution in [0.4, 0.5) is 11.6 Å². The second kappa shape index (κ2) is 12.9. The van der Waals surface area contributed by atoms with Gasteiger partial charge in [0.15, 0.2) is 5.82 Å². The van der Waals surface area contributed by atoms with Crippen LogP contribution in [0.5, 0.6) is 0 Å². The number of hydrogen-bond acceptors (Lipinski definition) is 7. The molecule has 2 atom stereocenters. The molecule has 200 valence electrons. The first kappa shape index (κ1) is 26.9. The van der Waals surface area contributed by atoms with Crippen LogP contribution < -0.4 is 10.6 Å². The number of carboxylic acid groups (broad SMARTS) is 1. The van der Waals surface area contributed by atoms with Gasteiger partial charge in [0.05, 0.1) is 11.6 Å². The van der Waals surface area contributed by atoms with Gasteiger partial charge in [-0.1, -0.05) is 18.2 Å². The van der Waals surface area contributed by atoms with Crippen molar-refractivity contribution in [1.82, 2.24) is 19.7 Å². The SMILES string of the molecule is CO[C@H](C)CN(CCCCc1ccc2c(n1)NCCC2)CC[C@H](Nc1nn(C)c2ccccc12)C(=O)O. The fourth-order valence-corrected chi connectivity index (χ4v) is 4.94. The Kier molecular flexibility index (Phi) is 9.35. The number of para-hydroxylation sites is 1. The molecule has 2 aromatic heterocycles. The zero-order chi connectivity index (χ0) is 26.2. The summed E-state index contributed by atoms with van der Waals surface area (Å²) in [6.45, 7) is 5.35. The summed E-state index contributed by atoms with van der Waals surface area (Å²) in [5.41, 5.74) is 3.41. The van der Waals surface area contributed by atoms with Gasteiger partial charge in [-0.25, -0.2) is 9.78 Å². The number of nitrogens with zero attached hydrogens (tertiary/aromatic N) is 4. The fraction of sp³-hybridized carbons (Fsp3) is 0.536. The molecule has 0 unspecified atom stereocenters. The van der Waals surface area contributed by atoms with Gasteiger partial charge in [0.2, 0.25) is 0 Å². The molecular formula is C28H40N6O3. The van der Waals surface area contributed by atoms with Crippen molar-refractivity contribution in [2.75, 3.05) is 43.9 Å². The summed E-state index contributed by atoms with van der Waals surface area (Å²) < 4.78 is 7.28. The Bertz CT molecular complexity index is 1180. The highest BCUT2D eigenvalue weighted by Gasteiger charge is 2.22. The fourth-order valence-electron chi connectivity index (χ4n) is 4.94. The highest BCUT2D eigenvalue weighted by molar-refractivity contribution is 5.91. The zero-order valence-corrected chi connectivity index (χ0v) is 22.2. The number of anilines is 2. The van der Waals surface area contributed by atoms with Gasteiger partial charge in [-0.3, -0.25) is 4.68 Å². The van der Waals surface area contributed by atoms with Gasteiger partial charge in [-0.2, -0.15) is 5.10 Å². The Morgan fingerprint density at radius 1 is 1.24 bits per heavy atom. The van der Waals surface area contributed by atoms with Crippen molar-refractivity contribution in [1.29, 1.82) is 0 Å². The van der Waals surface area contributed by atoms with E-state index in [1.165, 1.54) is 12.0 Å². The maximum absolute atomic E-state index is 12.1. The highest BCUT2D eigenvalue weighted by atomic mass is 16.5. The lowest BCUT2D eigenvalue weighted by Gasteiger charge is -2.26. The summed E-state index contributed by atoms with van der Waals surface area (Å²) in [6, 6.07) is 11.5. The molecular weight excluding hydrogens is 468 g/mol. The van der Waals surface area contributed by atoms with Crippen LogP contribution in [0.15, 0.2) is 36.4 Å². The normalized spacial score (nSPS) is 14.8. The van der Waals surface area contributed by atoms with E-state index in [4.69, 9.17) is 9.72 Å². The maximum Gasteiger partial charge on any atom is 0.326 e. The van der Waals surface area contributed by atoms with Crippen molar-refractivity contribution in [3.05, 3.63) is 47.7 Å². The number of aryl methyl sites for hydroxylation is 3. The largest absolute Gasteiger partial charge is 0.480 e. The van der Waals surface area contributed by atoms with E-state index >= 15 is 0 Å². The van der Waals surface area contributed by atoms with E-state index in [2.05, 4.69) is 32.8 Å². The number of ether oxygens (including phenoxy) is 1. The minimum atomic E-state index is -0.874. The topological polar surface area (TPSA) is 105 Å². The average molecular weight is 509 g/mol. The molecule has 0 saturated carbocycles. The summed E-state index contributed by atoms with van der Waals surface area (Å²) in [5, 5.41) is 22.0. The van der Waals surface area contributed by atoms with Crippen molar-refractivity contribution >= 4 is 28.5 Å². The number of aromatic nitrogens is 3. The van der Waals surface area contributed by atoms with Crippen LogP contribution in [-0.4, -0.2) is 76.2 Å². The Balaban J connectivity index is 1.32. The van der Waals surface area contributed by atoms with Gasteiger partial charge in [-0.05, 0) is 75.8 Å². The molecule has 0 amide bonds. The first-order valence-electron chi connectivity index (χ1n) is 13.3. The van der Waals surface area contributed by atoms with Crippen molar-refractivity contribution < 1.29 is 14.6 Å². The average Bonchev–Trinajstić information content (AvgIpc) is 3.23. The molecule has 1 aliphatic rings. The Morgan fingerprint density at radius 3 is 2.89 bits per heavy atom. The molecule has 0 fully saturated rings. The first-order valence-corrected chi connectivity index (χ1v) is 13.3. The molecule has 9 nitrogen and oxygen atoms in total. The Hall–Kier alpha value is -3.17. The minimum absolute atomic E-state index is 0.0735. The minimum Gasteiger partial charge on any atom is -0.480 e. The lowest BCUT2D eigenvalue weighted by Crippen LogP contribution is -2.38. The third kappa shape index (κ3) is 7.20. The summed E-state index contributed by atoms with van der Waals surface area (Å²) in [7, 11) is 3.58. The quantitative estimate of drug-likeness (QED) is 0.281. The smallest absolute Gasteiger partial charge is 0.326 e. The second-order valence-corrected chi connectivity index (χ2v) is 9.96. The van der Waals surface area contributed by atoms with Crippen LogP contribution in [0.2, 0.25) is 0 Å². The van der Waals surface area contributed by atoms with E-state index in [0.717, 1.165) is 67.7 Å². The van der Waals surface area contributed by atoms with Gasteiger partial charge in [-0.15, -0.1) is 0 Å². The van der Waals surface area contributed by atoms with Crippen LogP contribution in [0.1, 0.15) is 43.9 Å². The number of fused-ring (bicyclic) bond motifs is 2. The van der Waals surface area contributed by atoms with Crippen LogP contribution in [0.25, 0.3) is 10.9 Å². The zero-order valence-electron chi connectivity index (χ0n) is 22.2. The third-order valence-corrected chi connectivity index (χ3v) is 7.13. The van der Waals surface area contributed by atoms with E-state index in [0.29, 0.717) is 18.8 Å². The van der Waals surface area contributed by atoms with E-state index in [9.17, 15) is 9.90 Å². The maximum atomic E-state index is 12.1. The summed E-state index contributed by atoms with van der Waals surface area (Å²) in [5.74, 6) is 0.781. The van der Waals surface area contributed by atoms with Crippen molar-refractivity contribution in [2.45, 2.75) is 57.6 Å². The molecule has 0 spiro atoms. The van der Waals surface area contributed by atoms with Gasteiger partial charge in [0, 0.05) is 44.9 Å². The second-order valence-electron chi connectivity index (χ2n) is 9.96. The van der Waals surface area contributed by atoms with Crippen LogP contribution >= 0.6 is 0 Å². The molecule has 1 aromatic carbocycles. The number of aliphatic carboxylic acids is 1. The molecule has 4 rings (SSSR count). The van der Waals surface area contributed by atoms with E-state index in [1.54, 1.807) is 11.8 Å². The third-order valence-electron chi connectivity index (χ3n) is 7.13. The predicted molar refractivity (Wildman–Crippen MR) is 147 cm³/mol. The number of pyridine rings is 1. The highest BCUT2D eigenvalue weighted by Crippen LogP contribution is 2.23. The molecule has 1 aliphatic heterocycles. The van der Waals surface area contributed by atoms with E-state index < -0.39 is 12.0 Å². The van der Waals surface area contributed by atoms with Crippen molar-refractivity contribution in [2.24, 2.45) is 7.05 Å². The number of carbonyl (C=O) groups is 1. The molecule has 0 bridgehead atoms. The summed E-state index contributed by atoms with van der Waals surface area (Å²) in [4.78, 5) is 19.2. The van der Waals surface area contributed by atoms with Gasteiger partial charge < -0.3 is 25.4 Å². The Morgan fingerprint density at radius 2 is 2.08 bits per heavy atom. The van der Waals surface area contributed by atoms with E-state index in [1.807, 2.05) is 38.2 Å². The monoisotopic (exact) mass is 508 g/mol. The Labute approximate surface area is 219 Å². The molecule has 37 heavy (non-hydrogen) atoms. The first-order chi connectivity index (χ1) is 17.9. The number of carboxylic acids is 1. The molecule has 0 saturated heterocycles. The molecule has 3 heterocycles. The number of benzene rings is 1. The van der Waals surface area contributed by atoms with Crippen LogP contribution in [-0.2, 0) is 29.4 Å². The number of unbranched alkanes of at least 4 members (excludes halogenated alkanes) is 1. The molecule has 0 radical (unpaired) electrons. The summed E-state index contributed by atoms with van der Waals surface area (Å²) in [6.07, 6.45) is 5.79. The molecule has 0 aliphatic carbocycles. The number of hydrogen-bond donors (Lipinski definition) is 3. The number of rotatable bonds is 14. The van der Waals surface area contributed by atoms with Gasteiger partial charge in [0.25, 0.3) is 0 Å². The van der Waals surface area contributed by atoms with Crippen LogP contribution in [0, 0.1) is 0 Å². The lowest BCUT2D eigenvalue weighted by atomic mass is 10.1. The van der Waals surface area contributed by atoms with Crippen molar-refractivity contribution in [3.8, 4) is 0 Å². The standard InChI is InChI=1S/C28H40N6O3/c1-20(37-3)19-34(17-7-6-10-22-14-13-21-9-8-16-29-26(21)30-22)18-15-24(28(35)36)31-27-23-11-4-5-12-25(23)33(2)32-27/h4-5,11-14,20,24H,6-10,15-19H2,1-3H3,(H,29,30)(H,31,32)(H,35,36)/t20-,24+/m1/s1. The number of nitrogens with one attached hydrogen (secondary N) is 2.